The van der Waals surface area contributed by atoms with Crippen molar-refractivity contribution >= 4 is 9.84 Å². The van der Waals surface area contributed by atoms with E-state index in [0.29, 0.717) is 17.3 Å². The van der Waals surface area contributed by atoms with Crippen molar-refractivity contribution in [1.82, 2.24) is 15.0 Å². The summed E-state index contributed by atoms with van der Waals surface area (Å²) in [6.07, 6.45) is 5.41. The van der Waals surface area contributed by atoms with Crippen LogP contribution in [0.1, 0.15) is 6.42 Å². The van der Waals surface area contributed by atoms with Gasteiger partial charge in [-0.3, -0.25) is 4.68 Å². The summed E-state index contributed by atoms with van der Waals surface area (Å²) in [5.41, 5.74) is 0. The molecule has 0 N–H and O–H groups in total. The fourth-order valence-electron chi connectivity index (χ4n) is 1.55. The van der Waals surface area contributed by atoms with Gasteiger partial charge in [0.25, 0.3) is 0 Å². The van der Waals surface area contributed by atoms with E-state index in [1.807, 2.05) is 0 Å². The van der Waals surface area contributed by atoms with Gasteiger partial charge in [0.1, 0.15) is 5.75 Å². The molecule has 0 spiro atoms. The van der Waals surface area contributed by atoms with Gasteiger partial charge < -0.3 is 4.74 Å². The summed E-state index contributed by atoms with van der Waals surface area (Å²) in [7, 11) is -3.15. The predicted molar refractivity (Wildman–Crippen MR) is 69.7 cm³/mol. The molecular formula is C12H15N3O3S. The molecule has 2 aromatic rings. The second-order valence-corrected chi connectivity index (χ2v) is 6.13. The summed E-state index contributed by atoms with van der Waals surface area (Å²) in [5, 5.41) is 7.55. The Kier molecular flexibility index (Phi) is 4.16. The van der Waals surface area contributed by atoms with Gasteiger partial charge in [0.05, 0.1) is 17.7 Å². The molecule has 0 saturated carbocycles. The second kappa shape index (κ2) is 5.83. The number of benzene rings is 1. The van der Waals surface area contributed by atoms with Crippen molar-refractivity contribution in [3.05, 3.63) is 36.7 Å². The maximum atomic E-state index is 11.3. The Bertz CT molecular complexity index is 606. The van der Waals surface area contributed by atoms with E-state index in [9.17, 15) is 8.42 Å². The van der Waals surface area contributed by atoms with Crippen LogP contribution < -0.4 is 4.74 Å². The fraction of sp³-hybridized carbons (Fsp3) is 0.333. The monoisotopic (exact) mass is 281 g/mol. The van der Waals surface area contributed by atoms with Gasteiger partial charge >= 0.3 is 0 Å². The molecule has 0 aliphatic carbocycles. The molecular weight excluding hydrogens is 266 g/mol. The smallest absolute Gasteiger partial charge is 0.175 e. The first kappa shape index (κ1) is 13.5. The third kappa shape index (κ3) is 4.06. The van der Waals surface area contributed by atoms with Gasteiger partial charge in [0.2, 0.25) is 0 Å². The molecule has 102 valence electrons. The van der Waals surface area contributed by atoms with Gasteiger partial charge in [-0.1, -0.05) is 5.21 Å². The van der Waals surface area contributed by atoms with Gasteiger partial charge in [-0.05, 0) is 24.3 Å². The summed E-state index contributed by atoms with van der Waals surface area (Å²) in [6.45, 7) is 1.28. The molecule has 1 heterocycles. The molecule has 19 heavy (non-hydrogen) atoms. The second-order valence-electron chi connectivity index (χ2n) is 4.11. The van der Waals surface area contributed by atoms with Crippen LogP contribution in [0, 0.1) is 0 Å². The molecule has 0 aliphatic heterocycles. The van der Waals surface area contributed by atoms with Crippen molar-refractivity contribution in [2.75, 3.05) is 12.9 Å². The zero-order chi connectivity index (χ0) is 13.7. The maximum Gasteiger partial charge on any atom is 0.175 e. The number of aromatic nitrogens is 3. The lowest BCUT2D eigenvalue weighted by molar-refractivity contribution is 0.297. The minimum atomic E-state index is -3.15. The lowest BCUT2D eigenvalue weighted by Gasteiger charge is -2.06. The largest absolute Gasteiger partial charge is 0.494 e. The standard InChI is InChI=1S/C12H15N3O3S/c1-19(16,17)12-5-3-11(4-6-12)18-10-2-8-15-9-7-13-14-15/h3-7,9H,2,8,10H2,1H3. The van der Waals surface area contributed by atoms with Crippen LogP contribution in [0.15, 0.2) is 41.6 Å². The molecule has 6 nitrogen and oxygen atoms in total. The molecule has 0 fully saturated rings. The van der Waals surface area contributed by atoms with Crippen molar-refractivity contribution in [2.24, 2.45) is 0 Å². The first-order valence-corrected chi connectivity index (χ1v) is 7.72. The molecule has 1 aromatic heterocycles. The highest BCUT2D eigenvalue weighted by atomic mass is 32.2. The SMILES string of the molecule is CS(=O)(=O)c1ccc(OCCCn2ccnn2)cc1. The number of aryl methyl sites for hydroxylation is 1. The number of sulfone groups is 1. The van der Waals surface area contributed by atoms with Crippen molar-refractivity contribution in [1.29, 1.82) is 0 Å². The molecule has 0 aliphatic rings. The van der Waals surface area contributed by atoms with Crippen LogP contribution >= 0.6 is 0 Å². The number of nitrogens with zero attached hydrogens (tertiary/aromatic N) is 3. The molecule has 7 heteroatoms. The Hall–Kier alpha value is -1.89. The zero-order valence-electron chi connectivity index (χ0n) is 10.6. The van der Waals surface area contributed by atoms with Crippen LogP contribution in [0.3, 0.4) is 0 Å². The van der Waals surface area contributed by atoms with Crippen molar-refractivity contribution in [3.63, 3.8) is 0 Å². The summed E-state index contributed by atoms with van der Waals surface area (Å²) < 4.78 is 29.8. The highest BCUT2D eigenvalue weighted by Crippen LogP contribution is 2.15. The predicted octanol–water partition coefficient (Wildman–Crippen LogP) is 1.15. The lowest BCUT2D eigenvalue weighted by atomic mass is 10.3. The molecule has 1 aromatic carbocycles. The molecule has 0 atom stereocenters. The Labute approximate surface area is 111 Å². The van der Waals surface area contributed by atoms with E-state index in [-0.39, 0.29) is 0 Å². The first-order chi connectivity index (χ1) is 9.05. The molecule has 0 amide bonds. The van der Waals surface area contributed by atoms with Crippen LogP contribution in [0.5, 0.6) is 5.75 Å². The number of rotatable bonds is 6. The van der Waals surface area contributed by atoms with Crippen LogP contribution in [0.25, 0.3) is 0 Å². The summed E-state index contributed by atoms with van der Waals surface area (Å²) in [4.78, 5) is 0.294. The van der Waals surface area contributed by atoms with Crippen LogP contribution in [-0.2, 0) is 16.4 Å². The molecule has 0 unspecified atom stereocenters. The van der Waals surface area contributed by atoms with E-state index < -0.39 is 9.84 Å². The zero-order valence-corrected chi connectivity index (χ0v) is 11.4. The average Bonchev–Trinajstić information content (AvgIpc) is 2.87. The van der Waals surface area contributed by atoms with Crippen LogP contribution in [0.4, 0.5) is 0 Å². The average molecular weight is 281 g/mol. The van der Waals surface area contributed by atoms with Crippen molar-refractivity contribution in [2.45, 2.75) is 17.9 Å². The third-order valence-corrected chi connectivity index (χ3v) is 3.65. The van der Waals surface area contributed by atoms with Crippen molar-refractivity contribution in [3.8, 4) is 5.75 Å². The van der Waals surface area contributed by atoms with E-state index in [2.05, 4.69) is 10.3 Å². The molecule has 0 bridgehead atoms. The van der Waals surface area contributed by atoms with Gasteiger partial charge in [0.15, 0.2) is 9.84 Å². The van der Waals surface area contributed by atoms with Gasteiger partial charge in [0, 0.05) is 25.4 Å². The molecule has 0 saturated heterocycles. The van der Waals surface area contributed by atoms with E-state index in [0.717, 1.165) is 13.0 Å². The first-order valence-electron chi connectivity index (χ1n) is 5.83. The summed E-state index contributed by atoms with van der Waals surface area (Å²) in [5.74, 6) is 0.658. The number of hydrogen-bond donors (Lipinski definition) is 0. The van der Waals surface area contributed by atoms with Crippen LogP contribution in [-0.4, -0.2) is 36.3 Å². The summed E-state index contributed by atoms with van der Waals surface area (Å²) >= 11 is 0. The van der Waals surface area contributed by atoms with E-state index in [1.54, 1.807) is 41.3 Å². The third-order valence-electron chi connectivity index (χ3n) is 2.52. The van der Waals surface area contributed by atoms with Gasteiger partial charge in [-0.2, -0.15) is 0 Å². The fourth-order valence-corrected chi connectivity index (χ4v) is 2.18. The Morgan fingerprint density at radius 1 is 1.26 bits per heavy atom. The topological polar surface area (TPSA) is 74.1 Å². The Morgan fingerprint density at radius 3 is 2.58 bits per heavy atom. The Balaban J connectivity index is 1.80. The highest BCUT2D eigenvalue weighted by molar-refractivity contribution is 7.90. The van der Waals surface area contributed by atoms with E-state index in [1.165, 1.54) is 6.26 Å². The minimum Gasteiger partial charge on any atom is -0.494 e. The normalized spacial score (nSPS) is 11.4. The minimum absolute atomic E-state index is 0.294. The lowest BCUT2D eigenvalue weighted by Crippen LogP contribution is -2.05. The molecule has 2 rings (SSSR count). The summed E-state index contributed by atoms with van der Waals surface area (Å²) in [6, 6.07) is 6.40. The van der Waals surface area contributed by atoms with Crippen LogP contribution in [0.2, 0.25) is 0 Å². The van der Waals surface area contributed by atoms with E-state index in [4.69, 9.17) is 4.74 Å². The Morgan fingerprint density at radius 2 is 2.00 bits per heavy atom. The number of ether oxygens (including phenoxy) is 1. The van der Waals surface area contributed by atoms with Crippen molar-refractivity contribution < 1.29 is 13.2 Å². The number of hydrogen-bond acceptors (Lipinski definition) is 5. The van der Waals surface area contributed by atoms with Gasteiger partial charge in [-0.25, -0.2) is 8.42 Å². The molecule has 0 radical (unpaired) electrons. The highest BCUT2D eigenvalue weighted by Gasteiger charge is 2.06. The van der Waals surface area contributed by atoms with Gasteiger partial charge in [-0.15, -0.1) is 5.10 Å². The van der Waals surface area contributed by atoms with E-state index >= 15 is 0 Å². The quantitative estimate of drug-likeness (QED) is 0.743. The maximum absolute atomic E-state index is 11.3.